The molecule has 2 amide bonds. The highest BCUT2D eigenvalue weighted by atomic mass is 35.5. The molecule has 2 aromatic carbocycles. The molecular weight excluding hydrogens is 430 g/mol. The maximum Gasteiger partial charge on any atom is 0.253 e. The van der Waals surface area contributed by atoms with Gasteiger partial charge in [0, 0.05) is 41.0 Å². The van der Waals surface area contributed by atoms with Crippen molar-refractivity contribution in [1.82, 2.24) is 20.3 Å². The van der Waals surface area contributed by atoms with Crippen molar-refractivity contribution < 1.29 is 14.8 Å². The number of benzene rings is 2. The lowest BCUT2D eigenvalue weighted by atomic mass is 10.1. The third kappa shape index (κ3) is 5.22. The van der Waals surface area contributed by atoms with Gasteiger partial charge in [0.1, 0.15) is 5.82 Å². The van der Waals surface area contributed by atoms with Gasteiger partial charge in [-0.2, -0.15) is 0 Å². The van der Waals surface area contributed by atoms with Gasteiger partial charge < -0.3 is 10.2 Å². The van der Waals surface area contributed by atoms with Crippen molar-refractivity contribution in [1.29, 1.82) is 0 Å². The molecule has 1 fully saturated rings. The number of likely N-dealkylation sites (tertiary alicyclic amines) is 1. The SMILES string of the molecule is O=C(Cc1cc(Nc2ccc(C(=O)N3CCCC3)cc2)nc(-c2ccc(Cl)cc2)n1)NO. The van der Waals surface area contributed by atoms with Crippen molar-refractivity contribution in [2.24, 2.45) is 0 Å². The largest absolute Gasteiger partial charge is 0.340 e. The maximum atomic E-state index is 12.5. The number of rotatable bonds is 6. The highest BCUT2D eigenvalue weighted by molar-refractivity contribution is 6.30. The third-order valence-electron chi connectivity index (χ3n) is 5.15. The molecule has 0 unspecified atom stereocenters. The Morgan fingerprint density at radius 3 is 2.34 bits per heavy atom. The number of amides is 2. The van der Waals surface area contributed by atoms with Gasteiger partial charge in [0.05, 0.1) is 12.1 Å². The van der Waals surface area contributed by atoms with Gasteiger partial charge in [-0.3, -0.25) is 14.8 Å². The van der Waals surface area contributed by atoms with Crippen LogP contribution in [0.25, 0.3) is 11.4 Å². The average Bonchev–Trinajstić information content (AvgIpc) is 3.34. The van der Waals surface area contributed by atoms with Crippen molar-refractivity contribution >= 4 is 34.9 Å². The van der Waals surface area contributed by atoms with E-state index in [0.29, 0.717) is 27.9 Å². The van der Waals surface area contributed by atoms with E-state index in [1.165, 1.54) is 0 Å². The first-order valence-corrected chi connectivity index (χ1v) is 10.6. The molecule has 0 saturated carbocycles. The van der Waals surface area contributed by atoms with Crippen LogP contribution in [0.15, 0.2) is 54.6 Å². The van der Waals surface area contributed by atoms with E-state index in [0.717, 1.165) is 37.2 Å². The number of carbonyl (C=O) groups excluding carboxylic acids is 2. The fourth-order valence-electron chi connectivity index (χ4n) is 3.53. The van der Waals surface area contributed by atoms with Crippen LogP contribution in [0.2, 0.25) is 5.02 Å². The molecule has 1 aromatic heterocycles. The number of aromatic nitrogens is 2. The van der Waals surface area contributed by atoms with Crippen molar-refractivity contribution in [2.45, 2.75) is 19.3 Å². The molecule has 3 aromatic rings. The van der Waals surface area contributed by atoms with E-state index in [9.17, 15) is 9.59 Å². The highest BCUT2D eigenvalue weighted by Crippen LogP contribution is 2.23. The number of carbonyl (C=O) groups is 2. The molecule has 9 heteroatoms. The van der Waals surface area contributed by atoms with Crippen LogP contribution in [-0.4, -0.2) is 45.0 Å². The fraction of sp³-hybridized carbons (Fsp3) is 0.217. The lowest BCUT2D eigenvalue weighted by molar-refractivity contribution is -0.128. The highest BCUT2D eigenvalue weighted by Gasteiger charge is 2.19. The van der Waals surface area contributed by atoms with E-state index in [1.807, 2.05) is 17.0 Å². The first kappa shape index (κ1) is 21.7. The van der Waals surface area contributed by atoms with Crippen LogP contribution in [0, 0.1) is 0 Å². The minimum atomic E-state index is -0.582. The summed E-state index contributed by atoms with van der Waals surface area (Å²) in [6.07, 6.45) is 1.98. The normalized spacial score (nSPS) is 13.1. The number of hydrogen-bond acceptors (Lipinski definition) is 6. The number of nitrogens with one attached hydrogen (secondary N) is 2. The van der Waals surface area contributed by atoms with Crippen LogP contribution in [-0.2, 0) is 11.2 Å². The first-order valence-electron chi connectivity index (χ1n) is 10.2. The molecule has 1 aliphatic rings. The van der Waals surface area contributed by atoms with Gasteiger partial charge >= 0.3 is 0 Å². The predicted molar refractivity (Wildman–Crippen MR) is 121 cm³/mol. The summed E-state index contributed by atoms with van der Waals surface area (Å²) in [7, 11) is 0. The summed E-state index contributed by atoms with van der Waals surface area (Å²) in [5.41, 5.74) is 4.16. The van der Waals surface area contributed by atoms with Crippen molar-refractivity contribution in [3.63, 3.8) is 0 Å². The summed E-state index contributed by atoms with van der Waals surface area (Å²) in [5, 5.41) is 12.6. The van der Waals surface area contributed by atoms with Crippen LogP contribution in [0.4, 0.5) is 11.5 Å². The second kappa shape index (κ2) is 9.76. The van der Waals surface area contributed by atoms with E-state index < -0.39 is 5.91 Å². The van der Waals surface area contributed by atoms with Crippen LogP contribution < -0.4 is 10.8 Å². The van der Waals surface area contributed by atoms with E-state index in [-0.39, 0.29) is 12.3 Å². The first-order chi connectivity index (χ1) is 15.5. The molecule has 0 spiro atoms. The zero-order valence-electron chi connectivity index (χ0n) is 17.2. The van der Waals surface area contributed by atoms with Gasteiger partial charge in [0.2, 0.25) is 5.91 Å². The van der Waals surface area contributed by atoms with Crippen molar-refractivity contribution in [3.8, 4) is 11.4 Å². The number of anilines is 2. The van der Waals surface area contributed by atoms with Crippen LogP contribution in [0.3, 0.4) is 0 Å². The molecule has 0 radical (unpaired) electrons. The average molecular weight is 452 g/mol. The molecule has 8 nitrogen and oxygen atoms in total. The molecule has 3 N–H and O–H groups in total. The van der Waals surface area contributed by atoms with Crippen LogP contribution >= 0.6 is 11.6 Å². The standard InChI is InChI=1S/C23H22ClN5O3/c24-17-7-3-15(4-8-17)22-26-19(14-21(30)28-32)13-20(27-22)25-18-9-5-16(6-10-18)23(31)29-11-1-2-12-29/h3-10,13,32H,1-2,11-12,14H2,(H,28,30)(H,25,26,27). The minimum absolute atomic E-state index is 0.0402. The molecule has 32 heavy (non-hydrogen) atoms. The molecule has 1 saturated heterocycles. The minimum Gasteiger partial charge on any atom is -0.340 e. The topological polar surface area (TPSA) is 107 Å². The Balaban J connectivity index is 1.58. The van der Waals surface area contributed by atoms with Gasteiger partial charge in [-0.1, -0.05) is 11.6 Å². The zero-order valence-corrected chi connectivity index (χ0v) is 18.0. The fourth-order valence-corrected chi connectivity index (χ4v) is 3.66. The quantitative estimate of drug-likeness (QED) is 0.388. The van der Waals surface area contributed by atoms with E-state index >= 15 is 0 Å². The molecule has 0 aliphatic carbocycles. The molecule has 0 bridgehead atoms. The second-order valence-electron chi connectivity index (χ2n) is 7.49. The molecule has 4 rings (SSSR count). The van der Waals surface area contributed by atoms with Gasteiger partial charge in [-0.25, -0.2) is 15.4 Å². The smallest absolute Gasteiger partial charge is 0.253 e. The number of hydroxylamine groups is 1. The Hall–Kier alpha value is -3.49. The maximum absolute atomic E-state index is 12.5. The number of hydrogen-bond donors (Lipinski definition) is 3. The summed E-state index contributed by atoms with van der Waals surface area (Å²) >= 11 is 5.97. The Bertz CT molecular complexity index is 1110. The molecule has 164 valence electrons. The van der Waals surface area contributed by atoms with E-state index in [4.69, 9.17) is 16.8 Å². The summed E-state index contributed by atoms with van der Waals surface area (Å²) in [4.78, 5) is 35.0. The predicted octanol–water partition coefficient (Wildman–Crippen LogP) is 3.82. The summed E-state index contributed by atoms with van der Waals surface area (Å²) < 4.78 is 0. The summed E-state index contributed by atoms with van der Waals surface area (Å²) in [6.45, 7) is 1.61. The molecule has 2 heterocycles. The monoisotopic (exact) mass is 451 g/mol. The number of nitrogens with zero attached hydrogens (tertiary/aromatic N) is 3. The summed E-state index contributed by atoms with van der Waals surface area (Å²) in [5.74, 6) is 0.345. The lowest BCUT2D eigenvalue weighted by Crippen LogP contribution is -2.27. The Kier molecular flexibility index (Phi) is 6.63. The third-order valence-corrected chi connectivity index (χ3v) is 5.40. The van der Waals surface area contributed by atoms with Crippen LogP contribution in [0.5, 0.6) is 0 Å². The van der Waals surface area contributed by atoms with Crippen molar-refractivity contribution in [2.75, 3.05) is 18.4 Å². The Labute approximate surface area is 190 Å². The molecular formula is C23H22ClN5O3. The van der Waals surface area contributed by atoms with E-state index in [1.54, 1.807) is 47.9 Å². The summed E-state index contributed by atoms with van der Waals surface area (Å²) in [6, 6.07) is 15.9. The van der Waals surface area contributed by atoms with E-state index in [2.05, 4.69) is 15.3 Å². The van der Waals surface area contributed by atoms with Crippen LogP contribution in [0.1, 0.15) is 28.9 Å². The van der Waals surface area contributed by atoms with Gasteiger partial charge in [0.25, 0.3) is 5.91 Å². The lowest BCUT2D eigenvalue weighted by Gasteiger charge is -2.15. The van der Waals surface area contributed by atoms with Gasteiger partial charge in [-0.05, 0) is 61.4 Å². The Morgan fingerprint density at radius 1 is 1.00 bits per heavy atom. The zero-order chi connectivity index (χ0) is 22.5. The second-order valence-corrected chi connectivity index (χ2v) is 7.92. The molecule has 0 atom stereocenters. The van der Waals surface area contributed by atoms with Gasteiger partial charge in [0.15, 0.2) is 5.82 Å². The van der Waals surface area contributed by atoms with Gasteiger partial charge in [-0.15, -0.1) is 0 Å². The van der Waals surface area contributed by atoms with Crippen molar-refractivity contribution in [3.05, 3.63) is 70.9 Å². The number of halogens is 1. The Morgan fingerprint density at radius 2 is 1.69 bits per heavy atom. The molecule has 1 aliphatic heterocycles.